The molecule has 1 aliphatic carbocycles. The van der Waals surface area contributed by atoms with Crippen LogP contribution in [-0.4, -0.2) is 13.1 Å². The van der Waals surface area contributed by atoms with Crippen molar-refractivity contribution in [1.29, 1.82) is 0 Å². The van der Waals surface area contributed by atoms with Gasteiger partial charge in [-0.25, -0.2) is 0 Å². The highest BCUT2D eigenvalue weighted by Gasteiger charge is 2.38. The van der Waals surface area contributed by atoms with Crippen LogP contribution in [0.15, 0.2) is 42.5 Å². The number of allylic oxidation sites excluding steroid dienone is 2. The van der Waals surface area contributed by atoms with Gasteiger partial charge < -0.3 is 14.8 Å². The Morgan fingerprint density at radius 1 is 1.22 bits per heavy atom. The number of halogens is 1. The van der Waals surface area contributed by atoms with Crippen molar-refractivity contribution in [2.45, 2.75) is 32.2 Å². The predicted octanol–water partition coefficient (Wildman–Crippen LogP) is 5.41. The number of rotatable bonds is 3. The van der Waals surface area contributed by atoms with Gasteiger partial charge in [0.25, 0.3) is 0 Å². The summed E-state index contributed by atoms with van der Waals surface area (Å²) in [6.07, 6.45) is 5.57. The van der Waals surface area contributed by atoms with Crippen LogP contribution in [0.25, 0.3) is 0 Å². The number of nitrogens with one attached hydrogen (secondary N) is 1. The minimum atomic E-state index is -0.365. The molecule has 27 heavy (non-hydrogen) atoms. The molecule has 0 bridgehead atoms. The smallest absolute Gasteiger partial charge is 0.308 e. The summed E-state index contributed by atoms with van der Waals surface area (Å²) in [4.78, 5) is 11.3. The van der Waals surface area contributed by atoms with E-state index in [-0.39, 0.29) is 12.0 Å². The van der Waals surface area contributed by atoms with Crippen LogP contribution >= 0.6 is 11.6 Å². The molecule has 0 saturated heterocycles. The van der Waals surface area contributed by atoms with Crippen molar-refractivity contribution in [3.63, 3.8) is 0 Å². The maximum atomic E-state index is 11.3. The Hall–Kier alpha value is -2.46. The SMILES string of the molecule is COc1cc(C2Nc3c(ccc(Cl)c3C)C3C=CCC32)ccc1OC(C)=O. The van der Waals surface area contributed by atoms with E-state index < -0.39 is 0 Å². The van der Waals surface area contributed by atoms with Gasteiger partial charge in [-0.05, 0) is 54.2 Å². The summed E-state index contributed by atoms with van der Waals surface area (Å²) in [5.41, 5.74) is 4.59. The molecule has 5 heteroatoms. The fraction of sp³-hybridized carbons (Fsp3) is 0.318. The Labute approximate surface area is 164 Å². The van der Waals surface area contributed by atoms with Crippen molar-refractivity contribution >= 4 is 23.3 Å². The largest absolute Gasteiger partial charge is 0.493 e. The molecule has 1 N–H and O–H groups in total. The number of fused-ring (bicyclic) bond motifs is 3. The number of anilines is 1. The molecular weight excluding hydrogens is 362 g/mol. The Kier molecular flexibility index (Phi) is 4.60. The number of carbonyl (C=O) groups excluding carboxylic acids is 1. The first-order chi connectivity index (χ1) is 13.0. The molecule has 3 atom stereocenters. The standard InChI is InChI=1S/C22H22ClNO3/c1-12-18(23)9-8-17-15-5-4-6-16(15)22(24-21(12)17)14-7-10-19(27-13(2)25)20(11-14)26-3/h4-5,7-11,15-16,22,24H,6H2,1-3H3. The molecule has 0 spiro atoms. The van der Waals surface area contributed by atoms with Gasteiger partial charge in [0.05, 0.1) is 13.2 Å². The summed E-state index contributed by atoms with van der Waals surface area (Å²) in [6.45, 7) is 3.43. The maximum absolute atomic E-state index is 11.3. The molecule has 1 heterocycles. The third-order valence-corrected chi connectivity index (χ3v) is 5.94. The van der Waals surface area contributed by atoms with Crippen LogP contribution in [0.3, 0.4) is 0 Å². The van der Waals surface area contributed by atoms with Crippen molar-refractivity contribution in [3.05, 3.63) is 64.2 Å². The number of methoxy groups -OCH3 is 1. The second-order valence-electron chi connectivity index (χ2n) is 7.12. The topological polar surface area (TPSA) is 47.6 Å². The van der Waals surface area contributed by atoms with E-state index in [0.29, 0.717) is 23.3 Å². The van der Waals surface area contributed by atoms with E-state index in [4.69, 9.17) is 21.1 Å². The minimum Gasteiger partial charge on any atom is -0.493 e. The lowest BCUT2D eigenvalue weighted by atomic mass is 9.76. The lowest BCUT2D eigenvalue weighted by Crippen LogP contribution is -2.29. The van der Waals surface area contributed by atoms with Crippen LogP contribution in [0.4, 0.5) is 5.69 Å². The lowest BCUT2D eigenvalue weighted by molar-refractivity contribution is -0.132. The third kappa shape index (κ3) is 3.08. The number of esters is 1. The second-order valence-corrected chi connectivity index (χ2v) is 7.52. The molecule has 0 saturated carbocycles. The monoisotopic (exact) mass is 383 g/mol. The van der Waals surface area contributed by atoms with Crippen LogP contribution in [-0.2, 0) is 4.79 Å². The predicted molar refractivity (Wildman–Crippen MR) is 107 cm³/mol. The van der Waals surface area contributed by atoms with Gasteiger partial charge in [-0.1, -0.05) is 35.9 Å². The molecule has 3 unspecified atom stereocenters. The molecule has 4 rings (SSSR count). The zero-order valence-electron chi connectivity index (χ0n) is 15.6. The number of hydrogen-bond donors (Lipinski definition) is 1. The molecule has 2 aliphatic rings. The molecular formula is C22H22ClNO3. The fourth-order valence-electron chi connectivity index (χ4n) is 4.24. The van der Waals surface area contributed by atoms with E-state index in [1.165, 1.54) is 12.5 Å². The zero-order chi connectivity index (χ0) is 19.1. The van der Waals surface area contributed by atoms with Crippen molar-refractivity contribution in [3.8, 4) is 11.5 Å². The molecule has 0 radical (unpaired) electrons. The van der Waals surface area contributed by atoms with E-state index in [2.05, 4.69) is 30.5 Å². The van der Waals surface area contributed by atoms with Crippen LogP contribution in [0.5, 0.6) is 11.5 Å². The van der Waals surface area contributed by atoms with Crippen molar-refractivity contribution < 1.29 is 14.3 Å². The van der Waals surface area contributed by atoms with Crippen LogP contribution in [0.1, 0.15) is 42.0 Å². The molecule has 2 aromatic rings. The van der Waals surface area contributed by atoms with E-state index in [1.807, 2.05) is 18.2 Å². The van der Waals surface area contributed by atoms with Gasteiger partial charge >= 0.3 is 5.97 Å². The minimum absolute atomic E-state index is 0.120. The normalized spacial score (nSPS) is 22.6. The number of carbonyl (C=O) groups is 1. The first kappa shape index (κ1) is 17.9. The summed E-state index contributed by atoms with van der Waals surface area (Å²) in [6, 6.07) is 9.99. The van der Waals surface area contributed by atoms with Crippen molar-refractivity contribution in [1.82, 2.24) is 0 Å². The molecule has 1 aliphatic heterocycles. The Bertz CT molecular complexity index is 937. The summed E-state index contributed by atoms with van der Waals surface area (Å²) in [5.74, 6) is 1.41. The number of benzene rings is 2. The van der Waals surface area contributed by atoms with Gasteiger partial charge in [-0.15, -0.1) is 0 Å². The zero-order valence-corrected chi connectivity index (χ0v) is 16.3. The highest BCUT2D eigenvalue weighted by Crippen LogP contribution is 2.52. The Balaban J connectivity index is 1.76. The Morgan fingerprint density at radius 2 is 2.04 bits per heavy atom. The van der Waals surface area contributed by atoms with Gasteiger partial charge in [-0.2, -0.15) is 0 Å². The average molecular weight is 384 g/mol. The number of ether oxygens (including phenoxy) is 2. The van der Waals surface area contributed by atoms with E-state index >= 15 is 0 Å². The second kappa shape index (κ2) is 6.93. The quantitative estimate of drug-likeness (QED) is 0.437. The van der Waals surface area contributed by atoms with Gasteiger partial charge in [0.2, 0.25) is 0 Å². The van der Waals surface area contributed by atoms with Gasteiger partial charge in [-0.3, -0.25) is 4.79 Å². The summed E-state index contributed by atoms with van der Waals surface area (Å²) >= 11 is 6.37. The molecule has 140 valence electrons. The van der Waals surface area contributed by atoms with Crippen LogP contribution in [0, 0.1) is 12.8 Å². The van der Waals surface area contributed by atoms with Gasteiger partial charge in [0.1, 0.15) is 0 Å². The summed E-state index contributed by atoms with van der Waals surface area (Å²) < 4.78 is 10.7. The van der Waals surface area contributed by atoms with Crippen molar-refractivity contribution in [2.24, 2.45) is 5.92 Å². The molecule has 0 amide bonds. The summed E-state index contributed by atoms with van der Waals surface area (Å²) in [5, 5.41) is 4.48. The van der Waals surface area contributed by atoms with Crippen LogP contribution in [0.2, 0.25) is 5.02 Å². The maximum Gasteiger partial charge on any atom is 0.308 e. The number of hydrogen-bond acceptors (Lipinski definition) is 4. The first-order valence-corrected chi connectivity index (χ1v) is 9.46. The molecule has 0 fully saturated rings. The molecule has 2 aromatic carbocycles. The van der Waals surface area contributed by atoms with E-state index in [0.717, 1.165) is 28.3 Å². The first-order valence-electron chi connectivity index (χ1n) is 9.08. The third-order valence-electron chi connectivity index (χ3n) is 5.53. The highest BCUT2D eigenvalue weighted by atomic mass is 35.5. The van der Waals surface area contributed by atoms with Crippen LogP contribution < -0.4 is 14.8 Å². The van der Waals surface area contributed by atoms with E-state index in [9.17, 15) is 4.79 Å². The highest BCUT2D eigenvalue weighted by molar-refractivity contribution is 6.31. The average Bonchev–Trinajstić information content (AvgIpc) is 3.14. The lowest BCUT2D eigenvalue weighted by Gasteiger charge is -2.38. The summed E-state index contributed by atoms with van der Waals surface area (Å²) in [7, 11) is 1.58. The van der Waals surface area contributed by atoms with Gasteiger partial charge in [0, 0.05) is 23.6 Å². The fourth-order valence-corrected chi connectivity index (χ4v) is 4.39. The molecule has 0 aromatic heterocycles. The molecule has 4 nitrogen and oxygen atoms in total. The van der Waals surface area contributed by atoms with Crippen molar-refractivity contribution in [2.75, 3.05) is 12.4 Å². The van der Waals surface area contributed by atoms with E-state index in [1.54, 1.807) is 13.2 Å². The Morgan fingerprint density at radius 3 is 2.78 bits per heavy atom. The van der Waals surface area contributed by atoms with Gasteiger partial charge in [0.15, 0.2) is 11.5 Å².